The highest BCUT2D eigenvalue weighted by molar-refractivity contribution is 5.99. The highest BCUT2D eigenvalue weighted by Gasteiger charge is 2.10. The lowest BCUT2D eigenvalue weighted by atomic mass is 10.2. The van der Waals surface area contributed by atoms with Gasteiger partial charge in [-0.25, -0.2) is 5.84 Å². The summed E-state index contributed by atoms with van der Waals surface area (Å²) >= 11 is 0. The third-order valence-electron chi connectivity index (χ3n) is 1.78. The van der Waals surface area contributed by atoms with Crippen LogP contribution in [-0.2, 0) is 9.59 Å². The molecule has 0 radical (unpaired) electrons. The fourth-order valence-corrected chi connectivity index (χ4v) is 1.07. The Morgan fingerprint density at radius 1 is 1.25 bits per heavy atom. The molecule has 0 aromatic heterocycles. The monoisotopic (exact) mass is 222 g/mol. The van der Waals surface area contributed by atoms with E-state index in [1.165, 1.54) is 12.1 Å². The molecule has 84 valence electrons. The summed E-state index contributed by atoms with van der Waals surface area (Å²) in [5, 5.41) is 0.641. The molecule has 0 saturated carbocycles. The maximum absolute atomic E-state index is 11.3. The van der Waals surface area contributed by atoms with Gasteiger partial charge >= 0.3 is 0 Å². The van der Waals surface area contributed by atoms with E-state index in [9.17, 15) is 14.4 Å². The number of nitrogen functional groups attached to an aromatic ring is 1. The molecule has 4 N–H and O–H groups in total. The molecule has 0 fully saturated rings. The van der Waals surface area contributed by atoms with E-state index in [1.54, 1.807) is 12.1 Å². The first-order valence-electron chi connectivity index (χ1n) is 4.28. The molecule has 0 unspecified atom stereocenters. The fourth-order valence-electron chi connectivity index (χ4n) is 1.07. The number of hydrogen-bond donors (Lipinski definition) is 3. The first-order chi connectivity index (χ1) is 7.72. The predicted molar refractivity (Wildman–Crippen MR) is 55.7 cm³/mol. The minimum atomic E-state index is -0.528. The van der Waals surface area contributed by atoms with Crippen LogP contribution in [-0.4, -0.2) is 23.7 Å². The van der Waals surface area contributed by atoms with Gasteiger partial charge in [0.25, 0.3) is 5.91 Å². The summed E-state index contributed by atoms with van der Waals surface area (Å²) in [6, 6.07) is 6.30. The Kier molecular flexibility index (Phi) is 3.98. The number of nitrogens with one attached hydrogen (secondary N) is 2. The number of carbonyl (C=O) groups is 3. The van der Waals surface area contributed by atoms with Crippen LogP contribution in [0, 0.1) is 0 Å². The van der Waals surface area contributed by atoms with Gasteiger partial charge in [-0.05, 0) is 12.1 Å². The van der Waals surface area contributed by atoms with Crippen LogP contribution < -0.4 is 16.7 Å². The third kappa shape index (κ3) is 2.55. The van der Waals surface area contributed by atoms with Crippen LogP contribution in [0.3, 0.4) is 0 Å². The number of hydrazine groups is 2. The Labute approximate surface area is 91.2 Å². The average molecular weight is 222 g/mol. The number of rotatable bonds is 5. The zero-order chi connectivity index (χ0) is 12.0. The van der Waals surface area contributed by atoms with Gasteiger partial charge in [-0.15, -0.1) is 0 Å². The summed E-state index contributed by atoms with van der Waals surface area (Å²) < 4.78 is 0. The molecule has 7 nitrogen and oxygen atoms in total. The number of amides is 3. The van der Waals surface area contributed by atoms with Crippen molar-refractivity contribution in [2.24, 2.45) is 5.84 Å². The van der Waals surface area contributed by atoms with Gasteiger partial charge in [-0.2, -0.15) is 5.01 Å². The first-order valence-corrected chi connectivity index (χ1v) is 4.28. The van der Waals surface area contributed by atoms with Crippen molar-refractivity contribution in [2.45, 2.75) is 0 Å². The van der Waals surface area contributed by atoms with Crippen LogP contribution in [0.2, 0.25) is 0 Å². The van der Waals surface area contributed by atoms with Crippen molar-refractivity contribution in [3.05, 3.63) is 29.8 Å². The highest BCUT2D eigenvalue weighted by Crippen LogP contribution is 2.14. The Bertz CT molecular complexity index is 399. The van der Waals surface area contributed by atoms with Gasteiger partial charge in [0, 0.05) is 0 Å². The molecule has 0 aliphatic carbocycles. The Morgan fingerprint density at radius 3 is 2.44 bits per heavy atom. The van der Waals surface area contributed by atoms with E-state index in [0.717, 1.165) is 0 Å². The van der Waals surface area contributed by atoms with Crippen LogP contribution in [0.25, 0.3) is 0 Å². The van der Waals surface area contributed by atoms with Crippen molar-refractivity contribution in [3.8, 4) is 0 Å². The number of benzene rings is 1. The Morgan fingerprint density at radius 2 is 1.88 bits per heavy atom. The molecule has 0 bridgehead atoms. The second-order valence-electron chi connectivity index (χ2n) is 2.75. The molecule has 0 aliphatic heterocycles. The molecule has 0 spiro atoms. The Hall–Kier alpha value is -2.41. The zero-order valence-corrected chi connectivity index (χ0v) is 8.21. The minimum Gasteiger partial charge on any atom is -0.290 e. The number of nitrogens with zero attached hydrogens (tertiary/aromatic N) is 1. The quantitative estimate of drug-likeness (QED) is 0.263. The second kappa shape index (κ2) is 5.47. The van der Waals surface area contributed by atoms with E-state index in [4.69, 9.17) is 5.84 Å². The standard InChI is InChI=1S/C9H10N4O3/c10-11-9(16)7-3-1-2-4-8(7)12-13(5-14)6-15/h1-6,12H,10H2,(H,11,16). The second-order valence-corrected chi connectivity index (χ2v) is 2.75. The summed E-state index contributed by atoms with van der Waals surface area (Å²) in [6.07, 6.45) is 0.564. The lowest BCUT2D eigenvalue weighted by Crippen LogP contribution is -2.32. The van der Waals surface area contributed by atoms with Gasteiger partial charge in [0.1, 0.15) is 0 Å². The molecule has 0 heterocycles. The van der Waals surface area contributed by atoms with Crippen LogP contribution in [0.5, 0.6) is 0 Å². The van der Waals surface area contributed by atoms with E-state index >= 15 is 0 Å². The molecule has 0 atom stereocenters. The number of hydrogen-bond acceptors (Lipinski definition) is 5. The summed E-state index contributed by atoms with van der Waals surface area (Å²) in [4.78, 5) is 32.1. The van der Waals surface area contributed by atoms with E-state index in [-0.39, 0.29) is 18.4 Å². The predicted octanol–water partition coefficient (Wildman–Crippen LogP) is -0.768. The summed E-state index contributed by atoms with van der Waals surface area (Å²) in [6.45, 7) is 0. The van der Waals surface area contributed by atoms with Gasteiger partial charge in [0.05, 0.1) is 11.3 Å². The molecule has 7 heteroatoms. The van der Waals surface area contributed by atoms with Crippen LogP contribution >= 0.6 is 0 Å². The maximum atomic E-state index is 11.3. The Balaban J connectivity index is 2.98. The van der Waals surface area contributed by atoms with Crippen molar-refractivity contribution in [2.75, 3.05) is 5.43 Å². The molecule has 0 aliphatic rings. The van der Waals surface area contributed by atoms with E-state index < -0.39 is 5.91 Å². The molecule has 16 heavy (non-hydrogen) atoms. The van der Waals surface area contributed by atoms with Gasteiger partial charge in [0.2, 0.25) is 12.8 Å². The molecule has 1 aromatic rings. The topological polar surface area (TPSA) is 105 Å². The number of anilines is 1. The van der Waals surface area contributed by atoms with Crippen LogP contribution in [0.4, 0.5) is 5.69 Å². The van der Waals surface area contributed by atoms with Crippen LogP contribution in [0.15, 0.2) is 24.3 Å². The van der Waals surface area contributed by atoms with Gasteiger partial charge in [-0.1, -0.05) is 12.1 Å². The largest absolute Gasteiger partial charge is 0.290 e. The van der Waals surface area contributed by atoms with Crippen molar-refractivity contribution in [3.63, 3.8) is 0 Å². The lowest BCUT2D eigenvalue weighted by molar-refractivity contribution is -0.127. The highest BCUT2D eigenvalue weighted by atomic mass is 16.2. The summed E-state index contributed by atoms with van der Waals surface area (Å²) in [7, 11) is 0. The van der Waals surface area contributed by atoms with Crippen molar-refractivity contribution < 1.29 is 14.4 Å². The van der Waals surface area contributed by atoms with Crippen molar-refractivity contribution in [1.29, 1.82) is 0 Å². The minimum absolute atomic E-state index is 0.221. The molecule has 1 aromatic carbocycles. The number of carbonyl (C=O) groups excluding carboxylic acids is 3. The number of para-hydroxylation sites is 1. The maximum Gasteiger partial charge on any atom is 0.267 e. The number of imide groups is 1. The van der Waals surface area contributed by atoms with Crippen LogP contribution in [0.1, 0.15) is 10.4 Å². The summed E-state index contributed by atoms with van der Waals surface area (Å²) in [5.41, 5.74) is 4.92. The molecular formula is C9H10N4O3. The van der Waals surface area contributed by atoms with E-state index in [0.29, 0.717) is 10.7 Å². The molecular weight excluding hydrogens is 212 g/mol. The zero-order valence-electron chi connectivity index (χ0n) is 8.21. The van der Waals surface area contributed by atoms with Gasteiger partial charge in [0.15, 0.2) is 0 Å². The fraction of sp³-hybridized carbons (Fsp3) is 0. The average Bonchev–Trinajstić information content (AvgIpc) is 2.35. The normalized spacial score (nSPS) is 9.06. The number of nitrogens with two attached hydrogens (primary N) is 1. The SMILES string of the molecule is NNC(=O)c1ccccc1NN(C=O)C=O. The summed E-state index contributed by atoms with van der Waals surface area (Å²) in [5.74, 6) is 4.46. The molecule has 0 saturated heterocycles. The smallest absolute Gasteiger partial charge is 0.267 e. The van der Waals surface area contributed by atoms with Crippen molar-refractivity contribution in [1.82, 2.24) is 10.4 Å². The molecule has 3 amide bonds. The first kappa shape index (κ1) is 11.7. The van der Waals surface area contributed by atoms with E-state index in [2.05, 4.69) is 5.43 Å². The molecule has 1 rings (SSSR count). The van der Waals surface area contributed by atoms with Crippen molar-refractivity contribution >= 4 is 24.4 Å². The van der Waals surface area contributed by atoms with Gasteiger partial charge in [-0.3, -0.25) is 25.2 Å². The lowest BCUT2D eigenvalue weighted by Gasteiger charge is -2.14. The third-order valence-corrected chi connectivity index (χ3v) is 1.78. The van der Waals surface area contributed by atoms with Gasteiger partial charge < -0.3 is 0 Å². The van der Waals surface area contributed by atoms with E-state index in [1.807, 2.05) is 5.43 Å².